The molecule has 0 spiro atoms. The fraction of sp³-hybridized carbons (Fsp3) is 0.846. The van der Waals surface area contributed by atoms with E-state index < -0.39 is 0 Å². The average molecular weight is 306 g/mol. The molecule has 0 radical (unpaired) electrons. The molecule has 0 aromatic rings. The number of hydrogen-bond acceptors (Lipinski definition) is 4. The van der Waals surface area contributed by atoms with Crippen molar-refractivity contribution in [1.82, 2.24) is 15.1 Å². The number of likely N-dealkylation sites (tertiary alicyclic amines) is 1. The Morgan fingerprint density at radius 1 is 1.50 bits per heavy atom. The van der Waals surface area contributed by atoms with Crippen LogP contribution in [0.5, 0.6) is 0 Å². The minimum atomic E-state index is -0.176. The lowest BCUT2D eigenvalue weighted by Gasteiger charge is -2.35. The standard InChI is InChI=1S/C13H23N3O3.ClH/c1-10-8-14-3-4-16(10)13(18)11-7-12(17)15(9-11)5-6-19-2;/h10-11,14H,3-9H2,1-2H3;1H/t10-,11?;/m0./s1. The van der Waals surface area contributed by atoms with Crippen molar-refractivity contribution in [2.24, 2.45) is 5.92 Å². The molecular formula is C13H24ClN3O3. The number of carbonyl (C=O) groups excluding carboxylic acids is 2. The zero-order valence-electron chi connectivity index (χ0n) is 12.1. The van der Waals surface area contributed by atoms with E-state index >= 15 is 0 Å². The van der Waals surface area contributed by atoms with Crippen molar-refractivity contribution in [3.05, 3.63) is 0 Å². The monoisotopic (exact) mass is 305 g/mol. The number of piperazine rings is 1. The summed E-state index contributed by atoms with van der Waals surface area (Å²) in [6.45, 7) is 6.10. The first-order chi connectivity index (χ1) is 9.13. The smallest absolute Gasteiger partial charge is 0.228 e. The molecule has 2 fully saturated rings. The Bertz CT molecular complexity index is 354. The van der Waals surface area contributed by atoms with Crippen molar-refractivity contribution in [1.29, 1.82) is 0 Å². The number of hydrogen-bond donors (Lipinski definition) is 1. The Hall–Kier alpha value is -0.850. The second-order valence-electron chi connectivity index (χ2n) is 5.32. The van der Waals surface area contributed by atoms with Gasteiger partial charge < -0.3 is 19.9 Å². The third-order valence-electron chi connectivity index (χ3n) is 3.91. The molecule has 0 saturated carbocycles. The van der Waals surface area contributed by atoms with Gasteiger partial charge in [-0.3, -0.25) is 9.59 Å². The van der Waals surface area contributed by atoms with Crippen LogP contribution in [-0.4, -0.2) is 74.1 Å². The second kappa shape index (κ2) is 7.81. The number of nitrogens with one attached hydrogen (secondary N) is 1. The van der Waals surface area contributed by atoms with Crippen LogP contribution < -0.4 is 5.32 Å². The van der Waals surface area contributed by atoms with Gasteiger partial charge in [0.15, 0.2) is 0 Å². The predicted octanol–water partition coefficient (Wildman–Crippen LogP) is -0.277. The largest absolute Gasteiger partial charge is 0.383 e. The van der Waals surface area contributed by atoms with E-state index in [0.717, 1.165) is 19.6 Å². The summed E-state index contributed by atoms with van der Waals surface area (Å²) in [6.07, 6.45) is 0.346. The molecule has 0 aromatic heterocycles. The van der Waals surface area contributed by atoms with Crippen LogP contribution in [-0.2, 0) is 14.3 Å². The van der Waals surface area contributed by atoms with Crippen LogP contribution in [0, 0.1) is 5.92 Å². The summed E-state index contributed by atoms with van der Waals surface area (Å²) >= 11 is 0. The Morgan fingerprint density at radius 3 is 2.90 bits per heavy atom. The molecule has 2 atom stereocenters. The Kier molecular flexibility index (Phi) is 6.71. The Labute approximate surface area is 126 Å². The van der Waals surface area contributed by atoms with Crippen LogP contribution in [0.15, 0.2) is 0 Å². The summed E-state index contributed by atoms with van der Waals surface area (Å²) < 4.78 is 4.98. The maximum Gasteiger partial charge on any atom is 0.228 e. The molecule has 116 valence electrons. The number of nitrogens with zero attached hydrogens (tertiary/aromatic N) is 2. The van der Waals surface area contributed by atoms with Gasteiger partial charge in [0.2, 0.25) is 11.8 Å². The lowest BCUT2D eigenvalue weighted by molar-refractivity contribution is -0.138. The van der Waals surface area contributed by atoms with Crippen LogP contribution in [0.1, 0.15) is 13.3 Å². The van der Waals surface area contributed by atoms with Crippen molar-refractivity contribution in [2.45, 2.75) is 19.4 Å². The number of halogens is 1. The average Bonchev–Trinajstić information content (AvgIpc) is 2.77. The van der Waals surface area contributed by atoms with Crippen LogP contribution >= 0.6 is 12.4 Å². The molecule has 2 heterocycles. The summed E-state index contributed by atoms with van der Waals surface area (Å²) in [4.78, 5) is 28.0. The molecular weight excluding hydrogens is 282 g/mol. The van der Waals surface area contributed by atoms with Crippen molar-refractivity contribution in [3.63, 3.8) is 0 Å². The van der Waals surface area contributed by atoms with Crippen molar-refractivity contribution in [3.8, 4) is 0 Å². The number of carbonyl (C=O) groups is 2. The molecule has 2 rings (SSSR count). The van der Waals surface area contributed by atoms with Crippen LogP contribution in [0.25, 0.3) is 0 Å². The summed E-state index contributed by atoms with van der Waals surface area (Å²) in [5.74, 6) is 0.0189. The maximum atomic E-state index is 12.5. The number of amides is 2. The van der Waals surface area contributed by atoms with Gasteiger partial charge in [0.05, 0.1) is 12.5 Å². The van der Waals surface area contributed by atoms with Crippen molar-refractivity contribution < 1.29 is 14.3 Å². The first-order valence-electron chi connectivity index (χ1n) is 6.91. The third kappa shape index (κ3) is 3.84. The topological polar surface area (TPSA) is 61.9 Å². The summed E-state index contributed by atoms with van der Waals surface area (Å²) in [5.41, 5.74) is 0. The first kappa shape index (κ1) is 17.2. The van der Waals surface area contributed by atoms with Gasteiger partial charge in [-0.2, -0.15) is 0 Å². The van der Waals surface area contributed by atoms with E-state index in [2.05, 4.69) is 5.32 Å². The molecule has 2 amide bonds. The molecule has 0 aliphatic carbocycles. The molecule has 2 aliphatic heterocycles. The van der Waals surface area contributed by atoms with Gasteiger partial charge in [0.1, 0.15) is 0 Å². The second-order valence-corrected chi connectivity index (χ2v) is 5.32. The predicted molar refractivity (Wildman–Crippen MR) is 77.9 cm³/mol. The fourth-order valence-electron chi connectivity index (χ4n) is 2.76. The van der Waals surface area contributed by atoms with Crippen LogP contribution in [0.4, 0.5) is 0 Å². The minimum absolute atomic E-state index is 0. The normalized spacial score (nSPS) is 26.6. The van der Waals surface area contributed by atoms with Gasteiger partial charge >= 0.3 is 0 Å². The summed E-state index contributed by atoms with van der Waals surface area (Å²) in [7, 11) is 1.62. The van der Waals surface area contributed by atoms with E-state index in [1.165, 1.54) is 0 Å². The van der Waals surface area contributed by atoms with Gasteiger partial charge in [0.25, 0.3) is 0 Å². The van der Waals surface area contributed by atoms with Crippen molar-refractivity contribution in [2.75, 3.05) is 46.4 Å². The molecule has 1 N–H and O–H groups in total. The van der Waals surface area contributed by atoms with Gasteiger partial charge in [-0.25, -0.2) is 0 Å². The van der Waals surface area contributed by atoms with Gasteiger partial charge in [-0.05, 0) is 6.92 Å². The zero-order valence-corrected chi connectivity index (χ0v) is 12.9. The molecule has 20 heavy (non-hydrogen) atoms. The third-order valence-corrected chi connectivity index (χ3v) is 3.91. The number of ether oxygens (including phenoxy) is 1. The fourth-order valence-corrected chi connectivity index (χ4v) is 2.76. The quantitative estimate of drug-likeness (QED) is 0.776. The minimum Gasteiger partial charge on any atom is -0.383 e. The summed E-state index contributed by atoms with van der Waals surface area (Å²) in [6, 6.07) is 0.212. The Morgan fingerprint density at radius 2 is 2.25 bits per heavy atom. The summed E-state index contributed by atoms with van der Waals surface area (Å²) in [5, 5.41) is 3.27. The van der Waals surface area contributed by atoms with E-state index in [-0.39, 0.29) is 36.2 Å². The van der Waals surface area contributed by atoms with Gasteiger partial charge in [-0.15, -0.1) is 12.4 Å². The zero-order chi connectivity index (χ0) is 13.8. The molecule has 2 aliphatic rings. The van der Waals surface area contributed by atoms with Crippen LogP contribution in [0.2, 0.25) is 0 Å². The molecule has 7 heteroatoms. The highest BCUT2D eigenvalue weighted by atomic mass is 35.5. The van der Waals surface area contributed by atoms with E-state index in [4.69, 9.17) is 4.74 Å². The van der Waals surface area contributed by atoms with E-state index in [0.29, 0.717) is 26.1 Å². The van der Waals surface area contributed by atoms with Crippen molar-refractivity contribution >= 4 is 24.2 Å². The highest BCUT2D eigenvalue weighted by Gasteiger charge is 2.37. The number of rotatable bonds is 4. The number of methoxy groups -OCH3 is 1. The highest BCUT2D eigenvalue weighted by molar-refractivity contribution is 5.89. The van der Waals surface area contributed by atoms with Gasteiger partial charge in [0, 0.05) is 52.3 Å². The maximum absolute atomic E-state index is 12.5. The Balaban J connectivity index is 0.00000200. The molecule has 0 aromatic carbocycles. The first-order valence-corrected chi connectivity index (χ1v) is 6.91. The molecule has 2 saturated heterocycles. The van der Waals surface area contributed by atoms with Gasteiger partial charge in [-0.1, -0.05) is 0 Å². The van der Waals surface area contributed by atoms with Crippen LogP contribution in [0.3, 0.4) is 0 Å². The molecule has 0 bridgehead atoms. The lowest BCUT2D eigenvalue weighted by atomic mass is 10.1. The van der Waals surface area contributed by atoms with E-state index in [1.807, 2.05) is 11.8 Å². The molecule has 6 nitrogen and oxygen atoms in total. The van der Waals surface area contributed by atoms with E-state index in [1.54, 1.807) is 12.0 Å². The van der Waals surface area contributed by atoms with E-state index in [9.17, 15) is 9.59 Å². The lowest BCUT2D eigenvalue weighted by Crippen LogP contribution is -2.54. The SMILES string of the molecule is COCCN1CC(C(=O)N2CCNC[C@@H]2C)CC1=O.Cl. The highest BCUT2D eigenvalue weighted by Crippen LogP contribution is 2.21. The molecule has 1 unspecified atom stereocenters.